The molecule has 0 saturated heterocycles. The second-order valence-corrected chi connectivity index (χ2v) is 6.43. The van der Waals surface area contributed by atoms with Crippen LogP contribution in [0.15, 0.2) is 84.9 Å². The third kappa shape index (κ3) is 6.66. The van der Waals surface area contributed by atoms with Gasteiger partial charge in [0, 0.05) is 24.4 Å². The molecule has 29 heavy (non-hydrogen) atoms. The van der Waals surface area contributed by atoms with Crippen LogP contribution in [-0.4, -0.2) is 11.8 Å². The summed E-state index contributed by atoms with van der Waals surface area (Å²) in [6.07, 6.45) is 3.19. The van der Waals surface area contributed by atoms with E-state index in [9.17, 15) is 9.59 Å². The van der Waals surface area contributed by atoms with E-state index in [4.69, 9.17) is 4.74 Å². The molecule has 0 aromatic heterocycles. The Balaban J connectivity index is 1.53. The molecule has 0 radical (unpaired) electrons. The summed E-state index contributed by atoms with van der Waals surface area (Å²) in [6.45, 7) is 1.95. The molecule has 0 atom stereocenters. The van der Waals surface area contributed by atoms with Gasteiger partial charge in [0.2, 0.25) is 11.8 Å². The minimum Gasteiger partial charge on any atom is -0.489 e. The van der Waals surface area contributed by atoms with Crippen LogP contribution < -0.4 is 15.4 Å². The van der Waals surface area contributed by atoms with Gasteiger partial charge in [-0.1, -0.05) is 48.5 Å². The Morgan fingerprint density at radius 3 is 2.24 bits per heavy atom. The van der Waals surface area contributed by atoms with Gasteiger partial charge in [0.1, 0.15) is 12.4 Å². The molecule has 0 heterocycles. The first-order chi connectivity index (χ1) is 14.1. The van der Waals surface area contributed by atoms with Gasteiger partial charge in [-0.25, -0.2) is 0 Å². The highest BCUT2D eigenvalue weighted by molar-refractivity contribution is 6.02. The number of amides is 2. The molecule has 0 aliphatic heterocycles. The van der Waals surface area contributed by atoms with E-state index >= 15 is 0 Å². The van der Waals surface area contributed by atoms with Gasteiger partial charge >= 0.3 is 0 Å². The van der Waals surface area contributed by atoms with Gasteiger partial charge in [-0.15, -0.1) is 0 Å². The summed E-state index contributed by atoms with van der Waals surface area (Å²) in [6, 6.07) is 24.5. The van der Waals surface area contributed by atoms with Crippen molar-refractivity contribution in [3.05, 3.63) is 96.1 Å². The predicted octanol–water partition coefficient (Wildman–Crippen LogP) is 4.88. The molecule has 5 nitrogen and oxygen atoms in total. The molecule has 3 aromatic rings. The van der Waals surface area contributed by atoms with Gasteiger partial charge in [0.05, 0.1) is 0 Å². The number of carbonyl (C=O) groups is 2. The molecule has 5 heteroatoms. The van der Waals surface area contributed by atoms with Crippen molar-refractivity contribution in [2.45, 2.75) is 13.5 Å². The maximum atomic E-state index is 12.1. The number of nitrogens with one attached hydrogen (secondary N) is 2. The van der Waals surface area contributed by atoms with Gasteiger partial charge in [-0.05, 0) is 47.5 Å². The van der Waals surface area contributed by atoms with Crippen molar-refractivity contribution in [1.82, 2.24) is 0 Å². The van der Waals surface area contributed by atoms with Crippen LogP contribution in [0.25, 0.3) is 6.08 Å². The van der Waals surface area contributed by atoms with Crippen LogP contribution in [-0.2, 0) is 16.2 Å². The smallest absolute Gasteiger partial charge is 0.248 e. The van der Waals surface area contributed by atoms with Crippen molar-refractivity contribution in [2.75, 3.05) is 10.6 Å². The van der Waals surface area contributed by atoms with Crippen molar-refractivity contribution in [1.29, 1.82) is 0 Å². The zero-order valence-corrected chi connectivity index (χ0v) is 16.1. The van der Waals surface area contributed by atoms with E-state index in [0.717, 1.165) is 16.9 Å². The fraction of sp³-hybridized carbons (Fsp3) is 0.0833. The third-order valence-electron chi connectivity index (χ3n) is 4.01. The molecule has 146 valence electrons. The molecule has 3 rings (SSSR count). The molecule has 0 aliphatic carbocycles. The van der Waals surface area contributed by atoms with E-state index in [-0.39, 0.29) is 11.8 Å². The van der Waals surface area contributed by atoms with Gasteiger partial charge in [-0.2, -0.15) is 0 Å². The van der Waals surface area contributed by atoms with Gasteiger partial charge in [-0.3, -0.25) is 9.59 Å². The summed E-state index contributed by atoms with van der Waals surface area (Å²) in [7, 11) is 0. The van der Waals surface area contributed by atoms with E-state index in [0.29, 0.717) is 18.0 Å². The Morgan fingerprint density at radius 2 is 1.55 bits per heavy atom. The molecular formula is C24H22N2O3. The fourth-order valence-corrected chi connectivity index (χ4v) is 2.65. The minimum atomic E-state index is -0.255. The lowest BCUT2D eigenvalue weighted by Gasteiger charge is -2.07. The topological polar surface area (TPSA) is 67.4 Å². The lowest BCUT2D eigenvalue weighted by Crippen LogP contribution is -2.09. The zero-order chi connectivity index (χ0) is 20.5. The minimum absolute atomic E-state index is 0.162. The van der Waals surface area contributed by atoms with Crippen LogP contribution in [0, 0.1) is 0 Å². The Bertz CT molecular complexity index is 996. The number of benzene rings is 3. The lowest BCUT2D eigenvalue weighted by atomic mass is 10.2. The molecule has 0 bridgehead atoms. The standard InChI is InChI=1S/C24H22N2O3/c1-18(27)25-21-8-5-9-22(16-21)26-24(28)15-12-19-10-13-23(14-11-19)29-17-20-6-3-2-4-7-20/h2-16H,17H2,1H3,(H,25,27)(H,26,28)/b15-12+. The maximum absolute atomic E-state index is 12.1. The Labute approximate surface area is 170 Å². The van der Waals surface area contributed by atoms with Crippen molar-refractivity contribution in [2.24, 2.45) is 0 Å². The Morgan fingerprint density at radius 1 is 0.862 bits per heavy atom. The maximum Gasteiger partial charge on any atom is 0.248 e. The molecular weight excluding hydrogens is 364 g/mol. The summed E-state index contributed by atoms with van der Waals surface area (Å²) in [4.78, 5) is 23.3. The summed E-state index contributed by atoms with van der Waals surface area (Å²) in [5.41, 5.74) is 3.23. The summed E-state index contributed by atoms with van der Waals surface area (Å²) in [5, 5.41) is 5.46. The monoisotopic (exact) mass is 386 g/mol. The number of rotatable bonds is 7. The van der Waals surface area contributed by atoms with Crippen LogP contribution in [0.5, 0.6) is 5.75 Å². The third-order valence-corrected chi connectivity index (χ3v) is 4.01. The molecule has 0 unspecified atom stereocenters. The van der Waals surface area contributed by atoms with Crippen LogP contribution in [0.4, 0.5) is 11.4 Å². The Kier molecular flexibility index (Phi) is 6.79. The van der Waals surface area contributed by atoms with E-state index in [1.165, 1.54) is 13.0 Å². The molecule has 2 N–H and O–H groups in total. The highest BCUT2D eigenvalue weighted by atomic mass is 16.5. The molecule has 0 spiro atoms. The second kappa shape index (κ2) is 9.90. The molecule has 0 aliphatic rings. The molecule has 0 fully saturated rings. The zero-order valence-electron chi connectivity index (χ0n) is 16.1. The fourth-order valence-electron chi connectivity index (χ4n) is 2.65. The van der Waals surface area contributed by atoms with E-state index in [1.54, 1.807) is 30.3 Å². The van der Waals surface area contributed by atoms with E-state index in [2.05, 4.69) is 10.6 Å². The lowest BCUT2D eigenvalue weighted by molar-refractivity contribution is -0.114. The van der Waals surface area contributed by atoms with Gasteiger partial charge in [0.25, 0.3) is 0 Å². The number of anilines is 2. The second-order valence-electron chi connectivity index (χ2n) is 6.43. The van der Waals surface area contributed by atoms with Gasteiger partial charge < -0.3 is 15.4 Å². The largest absolute Gasteiger partial charge is 0.489 e. The molecule has 0 saturated carbocycles. The molecule has 3 aromatic carbocycles. The summed E-state index contributed by atoms with van der Waals surface area (Å²) < 4.78 is 5.76. The summed E-state index contributed by atoms with van der Waals surface area (Å²) in [5.74, 6) is 0.351. The average Bonchev–Trinajstić information content (AvgIpc) is 2.72. The summed E-state index contributed by atoms with van der Waals surface area (Å²) >= 11 is 0. The van der Waals surface area contributed by atoms with Crippen LogP contribution in [0.2, 0.25) is 0 Å². The molecule has 2 amide bonds. The Hall–Kier alpha value is -3.86. The average molecular weight is 386 g/mol. The first-order valence-electron chi connectivity index (χ1n) is 9.22. The van der Waals surface area contributed by atoms with Crippen molar-refractivity contribution >= 4 is 29.3 Å². The van der Waals surface area contributed by atoms with Crippen molar-refractivity contribution in [3.8, 4) is 5.75 Å². The van der Waals surface area contributed by atoms with Crippen molar-refractivity contribution < 1.29 is 14.3 Å². The van der Waals surface area contributed by atoms with Crippen LogP contribution in [0.1, 0.15) is 18.1 Å². The highest BCUT2D eigenvalue weighted by Gasteiger charge is 2.01. The van der Waals surface area contributed by atoms with E-state index < -0.39 is 0 Å². The van der Waals surface area contributed by atoms with Crippen LogP contribution in [0.3, 0.4) is 0 Å². The van der Waals surface area contributed by atoms with Gasteiger partial charge in [0.15, 0.2) is 0 Å². The highest BCUT2D eigenvalue weighted by Crippen LogP contribution is 2.17. The number of hydrogen-bond donors (Lipinski definition) is 2. The van der Waals surface area contributed by atoms with Crippen molar-refractivity contribution in [3.63, 3.8) is 0 Å². The first kappa shape index (κ1) is 19.9. The predicted molar refractivity (Wildman–Crippen MR) is 116 cm³/mol. The number of ether oxygens (including phenoxy) is 1. The first-order valence-corrected chi connectivity index (χ1v) is 9.22. The SMILES string of the molecule is CC(=O)Nc1cccc(NC(=O)/C=C/c2ccc(OCc3ccccc3)cc2)c1. The van der Waals surface area contributed by atoms with E-state index in [1.807, 2.05) is 54.6 Å². The number of hydrogen-bond acceptors (Lipinski definition) is 3. The normalized spacial score (nSPS) is 10.5. The number of carbonyl (C=O) groups excluding carboxylic acids is 2. The quantitative estimate of drug-likeness (QED) is 0.569. The van der Waals surface area contributed by atoms with Crippen LogP contribution >= 0.6 is 0 Å².